The van der Waals surface area contributed by atoms with Gasteiger partial charge in [-0.25, -0.2) is 4.98 Å². The smallest absolute Gasteiger partial charge is 0.322 e. The van der Waals surface area contributed by atoms with Gasteiger partial charge in [-0.05, 0) is 49.8 Å². The number of rotatable bonds is 6. The molecule has 0 bridgehead atoms. The summed E-state index contributed by atoms with van der Waals surface area (Å²) in [6.45, 7) is 5.84. The van der Waals surface area contributed by atoms with Crippen LogP contribution >= 0.6 is 23.1 Å². The normalized spacial score (nSPS) is 13.4. The molecule has 1 aliphatic carbocycles. The topological polar surface area (TPSA) is 103 Å². The Kier molecular flexibility index (Phi) is 6.26. The lowest BCUT2D eigenvalue weighted by atomic mass is 9.97. The van der Waals surface area contributed by atoms with Crippen LogP contribution in [0, 0.1) is 6.92 Å². The summed E-state index contributed by atoms with van der Waals surface area (Å²) in [7, 11) is 0. The SMILES string of the molecule is Cc1ccccc1-n1c(SCC(=O)Nc2nnc(C(C)C)o2)nc2sc3c(c2c1=O)CCCC3. The molecule has 1 N–H and O–H groups in total. The number of amides is 1. The van der Waals surface area contributed by atoms with Gasteiger partial charge in [0, 0.05) is 10.8 Å². The fourth-order valence-electron chi connectivity index (χ4n) is 4.11. The molecule has 8 nitrogen and oxygen atoms in total. The summed E-state index contributed by atoms with van der Waals surface area (Å²) in [6, 6.07) is 7.81. The van der Waals surface area contributed by atoms with Gasteiger partial charge in [0.1, 0.15) is 4.83 Å². The van der Waals surface area contributed by atoms with E-state index in [1.165, 1.54) is 16.6 Å². The molecule has 1 aromatic carbocycles. The number of thiophene rings is 1. The number of para-hydroxylation sites is 1. The van der Waals surface area contributed by atoms with Crippen LogP contribution in [-0.2, 0) is 17.6 Å². The van der Waals surface area contributed by atoms with Crippen LogP contribution in [0.4, 0.5) is 6.01 Å². The number of anilines is 1. The van der Waals surface area contributed by atoms with Crippen molar-refractivity contribution >= 4 is 45.2 Å². The van der Waals surface area contributed by atoms with Crippen molar-refractivity contribution in [2.75, 3.05) is 11.1 Å². The Morgan fingerprint density at radius 2 is 2.03 bits per heavy atom. The van der Waals surface area contributed by atoms with Crippen LogP contribution in [0.1, 0.15) is 54.5 Å². The molecule has 176 valence electrons. The van der Waals surface area contributed by atoms with Gasteiger partial charge in [-0.15, -0.1) is 16.4 Å². The highest BCUT2D eigenvalue weighted by molar-refractivity contribution is 7.99. The summed E-state index contributed by atoms with van der Waals surface area (Å²) >= 11 is 2.83. The Balaban J connectivity index is 1.50. The molecule has 0 fully saturated rings. The van der Waals surface area contributed by atoms with Crippen molar-refractivity contribution in [3.05, 3.63) is 56.5 Å². The van der Waals surface area contributed by atoms with Crippen molar-refractivity contribution < 1.29 is 9.21 Å². The summed E-state index contributed by atoms with van der Waals surface area (Å²) in [4.78, 5) is 33.3. The second kappa shape index (κ2) is 9.34. The number of thioether (sulfide) groups is 1. The molecule has 10 heteroatoms. The van der Waals surface area contributed by atoms with Crippen molar-refractivity contribution in [1.29, 1.82) is 0 Å². The van der Waals surface area contributed by atoms with E-state index in [2.05, 4.69) is 15.5 Å². The maximum Gasteiger partial charge on any atom is 0.322 e. The van der Waals surface area contributed by atoms with Gasteiger partial charge in [-0.3, -0.25) is 19.5 Å². The number of carbonyl (C=O) groups excluding carboxylic acids is 1. The van der Waals surface area contributed by atoms with Gasteiger partial charge in [0.2, 0.25) is 11.8 Å². The standard InChI is InChI=1S/C24H25N5O3S2/c1-13(2)20-27-28-23(32-20)25-18(30)12-33-24-26-21-19(15-9-5-7-11-17(15)34-21)22(31)29(24)16-10-6-4-8-14(16)3/h4,6,8,10,13H,5,7,9,11-12H2,1-3H3,(H,25,28,30). The van der Waals surface area contributed by atoms with E-state index < -0.39 is 0 Å². The van der Waals surface area contributed by atoms with Gasteiger partial charge in [0.25, 0.3) is 5.56 Å². The van der Waals surface area contributed by atoms with E-state index in [0.717, 1.165) is 52.7 Å². The van der Waals surface area contributed by atoms with E-state index in [4.69, 9.17) is 9.40 Å². The summed E-state index contributed by atoms with van der Waals surface area (Å²) < 4.78 is 7.12. The quantitative estimate of drug-likeness (QED) is 0.301. The molecule has 1 aliphatic rings. The van der Waals surface area contributed by atoms with E-state index in [-0.39, 0.29) is 29.2 Å². The zero-order chi connectivity index (χ0) is 23.8. The number of hydrogen-bond acceptors (Lipinski definition) is 8. The van der Waals surface area contributed by atoms with Gasteiger partial charge in [0.05, 0.1) is 16.8 Å². The van der Waals surface area contributed by atoms with E-state index >= 15 is 0 Å². The van der Waals surface area contributed by atoms with Crippen LogP contribution in [0.25, 0.3) is 15.9 Å². The number of benzene rings is 1. The molecule has 3 aromatic heterocycles. The van der Waals surface area contributed by atoms with Gasteiger partial charge in [-0.2, -0.15) is 0 Å². The van der Waals surface area contributed by atoms with Gasteiger partial charge >= 0.3 is 6.01 Å². The molecular weight excluding hydrogens is 470 g/mol. The molecule has 0 aliphatic heterocycles. The summed E-state index contributed by atoms with van der Waals surface area (Å²) in [5.41, 5.74) is 2.82. The summed E-state index contributed by atoms with van der Waals surface area (Å²) in [6.07, 6.45) is 4.14. The lowest BCUT2D eigenvalue weighted by Crippen LogP contribution is -2.24. The molecule has 3 heterocycles. The van der Waals surface area contributed by atoms with E-state index in [0.29, 0.717) is 11.0 Å². The third-order valence-electron chi connectivity index (χ3n) is 5.83. The second-order valence-electron chi connectivity index (χ2n) is 8.65. The highest BCUT2D eigenvalue weighted by Gasteiger charge is 2.24. The van der Waals surface area contributed by atoms with Crippen LogP contribution in [0.15, 0.2) is 38.6 Å². The first-order valence-corrected chi connectivity index (χ1v) is 13.1. The zero-order valence-electron chi connectivity index (χ0n) is 19.3. The molecule has 0 unspecified atom stereocenters. The van der Waals surface area contributed by atoms with Crippen LogP contribution in [0.2, 0.25) is 0 Å². The molecule has 0 spiro atoms. The minimum absolute atomic E-state index is 0.0499. The number of fused-ring (bicyclic) bond motifs is 3. The van der Waals surface area contributed by atoms with Gasteiger partial charge in [-0.1, -0.05) is 48.9 Å². The third-order valence-corrected chi connectivity index (χ3v) is 7.95. The average Bonchev–Trinajstić information content (AvgIpc) is 3.43. The largest absolute Gasteiger partial charge is 0.408 e. The monoisotopic (exact) mass is 495 g/mol. The van der Waals surface area contributed by atoms with Crippen molar-refractivity contribution in [1.82, 2.24) is 19.7 Å². The molecular formula is C24H25N5O3S2. The van der Waals surface area contributed by atoms with Crippen LogP contribution in [0.3, 0.4) is 0 Å². The lowest BCUT2D eigenvalue weighted by molar-refractivity contribution is -0.113. The minimum Gasteiger partial charge on any atom is -0.408 e. The number of carbonyl (C=O) groups is 1. The van der Waals surface area contributed by atoms with Crippen LogP contribution in [0.5, 0.6) is 0 Å². The van der Waals surface area contributed by atoms with Gasteiger partial charge in [0.15, 0.2) is 5.16 Å². The van der Waals surface area contributed by atoms with Crippen LogP contribution in [-0.4, -0.2) is 31.4 Å². The maximum atomic E-state index is 13.8. The summed E-state index contributed by atoms with van der Waals surface area (Å²) in [5.74, 6) is 0.280. The number of nitrogens with one attached hydrogen (secondary N) is 1. The second-order valence-corrected chi connectivity index (χ2v) is 10.7. The molecule has 34 heavy (non-hydrogen) atoms. The Labute approximate surface area is 204 Å². The molecule has 0 atom stereocenters. The number of hydrogen-bond donors (Lipinski definition) is 1. The van der Waals surface area contributed by atoms with Gasteiger partial charge < -0.3 is 4.42 Å². The number of nitrogens with zero attached hydrogens (tertiary/aromatic N) is 4. The summed E-state index contributed by atoms with van der Waals surface area (Å²) in [5, 5.41) is 11.7. The Hall–Kier alpha value is -2.98. The zero-order valence-corrected chi connectivity index (χ0v) is 20.9. The Morgan fingerprint density at radius 1 is 1.24 bits per heavy atom. The number of aromatic nitrogens is 4. The van der Waals surface area contributed by atoms with E-state index in [9.17, 15) is 9.59 Å². The Morgan fingerprint density at radius 3 is 2.79 bits per heavy atom. The minimum atomic E-state index is -0.305. The lowest BCUT2D eigenvalue weighted by Gasteiger charge is -2.15. The third kappa shape index (κ3) is 4.27. The molecule has 4 aromatic rings. The first kappa shape index (κ1) is 22.8. The van der Waals surface area contributed by atoms with Crippen LogP contribution < -0.4 is 10.9 Å². The highest BCUT2D eigenvalue weighted by atomic mass is 32.2. The molecule has 0 saturated carbocycles. The maximum absolute atomic E-state index is 13.8. The van der Waals surface area contributed by atoms with Crippen molar-refractivity contribution in [2.24, 2.45) is 0 Å². The fourth-order valence-corrected chi connectivity index (χ4v) is 6.22. The van der Waals surface area contributed by atoms with Crippen molar-refractivity contribution in [3.63, 3.8) is 0 Å². The Bertz CT molecular complexity index is 1440. The molecule has 0 saturated heterocycles. The first-order chi connectivity index (χ1) is 16.4. The van der Waals surface area contributed by atoms with Crippen molar-refractivity contribution in [2.45, 2.75) is 57.5 Å². The predicted octanol–water partition coefficient (Wildman–Crippen LogP) is 4.87. The molecule has 0 radical (unpaired) electrons. The first-order valence-electron chi connectivity index (χ1n) is 11.3. The molecule has 5 rings (SSSR count). The van der Waals surface area contributed by atoms with E-state index in [1.54, 1.807) is 15.9 Å². The number of aryl methyl sites for hydroxylation is 3. The average molecular weight is 496 g/mol. The van der Waals surface area contributed by atoms with E-state index in [1.807, 2.05) is 45.0 Å². The fraction of sp³-hybridized carbons (Fsp3) is 0.375. The predicted molar refractivity (Wildman–Crippen MR) is 134 cm³/mol. The molecule has 1 amide bonds. The van der Waals surface area contributed by atoms with Crippen molar-refractivity contribution in [3.8, 4) is 5.69 Å². The highest BCUT2D eigenvalue weighted by Crippen LogP contribution is 2.35.